The molecule has 0 bridgehead atoms. The number of halogens is 1. The summed E-state index contributed by atoms with van der Waals surface area (Å²) in [5.41, 5.74) is 2.04. The first kappa shape index (κ1) is 16.0. The zero-order valence-corrected chi connectivity index (χ0v) is 13.8. The number of rotatable bonds is 6. The summed E-state index contributed by atoms with van der Waals surface area (Å²) in [4.78, 5) is 12.4. The van der Waals surface area contributed by atoms with Crippen molar-refractivity contribution in [2.75, 3.05) is 19.6 Å². The van der Waals surface area contributed by atoms with Crippen molar-refractivity contribution in [2.24, 2.45) is 5.92 Å². The lowest BCUT2D eigenvalue weighted by molar-refractivity contribution is 0.0936. The number of hydrogen-bond donors (Lipinski definition) is 2. The largest absolute Gasteiger partial charge is 0.350 e. The molecule has 7 heteroatoms. The fourth-order valence-electron chi connectivity index (χ4n) is 2.57. The van der Waals surface area contributed by atoms with Crippen LogP contribution in [0, 0.1) is 5.92 Å². The SMILES string of the molecule is CCCc1c(C(=O)NCC2CNC2)nnn1-c1cccc(Cl)c1. The summed E-state index contributed by atoms with van der Waals surface area (Å²) in [7, 11) is 0. The third kappa shape index (κ3) is 3.54. The molecule has 122 valence electrons. The van der Waals surface area contributed by atoms with Crippen LogP contribution in [0.3, 0.4) is 0 Å². The zero-order chi connectivity index (χ0) is 16.2. The van der Waals surface area contributed by atoms with Crippen molar-refractivity contribution in [3.05, 3.63) is 40.7 Å². The highest BCUT2D eigenvalue weighted by Crippen LogP contribution is 2.18. The van der Waals surface area contributed by atoms with Gasteiger partial charge >= 0.3 is 0 Å². The van der Waals surface area contributed by atoms with Gasteiger partial charge in [-0.05, 0) is 24.6 Å². The summed E-state index contributed by atoms with van der Waals surface area (Å²) in [6, 6.07) is 7.39. The number of amides is 1. The van der Waals surface area contributed by atoms with Crippen molar-refractivity contribution in [3.8, 4) is 5.69 Å². The Kier molecular flexibility index (Phi) is 4.93. The van der Waals surface area contributed by atoms with Crippen molar-refractivity contribution in [2.45, 2.75) is 19.8 Å². The first-order valence-electron chi connectivity index (χ1n) is 7.88. The number of carbonyl (C=O) groups excluding carboxylic acids is 1. The monoisotopic (exact) mass is 333 g/mol. The van der Waals surface area contributed by atoms with Crippen LogP contribution in [0.5, 0.6) is 0 Å². The quantitative estimate of drug-likeness (QED) is 0.846. The fraction of sp³-hybridized carbons (Fsp3) is 0.438. The second-order valence-electron chi connectivity index (χ2n) is 5.76. The van der Waals surface area contributed by atoms with Gasteiger partial charge in [0.25, 0.3) is 5.91 Å². The van der Waals surface area contributed by atoms with E-state index >= 15 is 0 Å². The molecule has 1 aromatic heterocycles. The third-order valence-corrected chi connectivity index (χ3v) is 4.17. The molecule has 2 N–H and O–H groups in total. The first-order valence-corrected chi connectivity index (χ1v) is 8.26. The van der Waals surface area contributed by atoms with Crippen LogP contribution in [0.2, 0.25) is 5.02 Å². The summed E-state index contributed by atoms with van der Waals surface area (Å²) < 4.78 is 1.70. The normalized spacial score (nSPS) is 14.5. The Bertz CT molecular complexity index is 696. The molecule has 3 rings (SSSR count). The molecule has 1 fully saturated rings. The van der Waals surface area contributed by atoms with Crippen LogP contribution in [0.4, 0.5) is 0 Å². The van der Waals surface area contributed by atoms with Gasteiger partial charge in [-0.3, -0.25) is 4.79 Å². The van der Waals surface area contributed by atoms with Crippen LogP contribution in [0.1, 0.15) is 29.5 Å². The zero-order valence-electron chi connectivity index (χ0n) is 13.1. The molecule has 1 amide bonds. The van der Waals surface area contributed by atoms with Gasteiger partial charge in [-0.25, -0.2) is 4.68 Å². The number of hydrogen-bond acceptors (Lipinski definition) is 4. The Morgan fingerprint density at radius 1 is 1.48 bits per heavy atom. The van der Waals surface area contributed by atoms with Gasteiger partial charge in [0, 0.05) is 30.6 Å². The highest BCUT2D eigenvalue weighted by molar-refractivity contribution is 6.30. The van der Waals surface area contributed by atoms with Gasteiger partial charge < -0.3 is 10.6 Å². The number of nitrogens with zero attached hydrogens (tertiary/aromatic N) is 3. The minimum absolute atomic E-state index is 0.159. The van der Waals surface area contributed by atoms with Crippen molar-refractivity contribution in [3.63, 3.8) is 0 Å². The second kappa shape index (κ2) is 7.10. The Morgan fingerprint density at radius 3 is 2.96 bits per heavy atom. The Hall–Kier alpha value is -1.92. The van der Waals surface area contributed by atoms with Crippen LogP contribution in [0.25, 0.3) is 5.69 Å². The van der Waals surface area contributed by atoms with Crippen LogP contribution >= 0.6 is 11.6 Å². The lowest BCUT2D eigenvalue weighted by Gasteiger charge is -2.26. The molecular weight excluding hydrogens is 314 g/mol. The first-order chi connectivity index (χ1) is 11.2. The molecule has 23 heavy (non-hydrogen) atoms. The summed E-state index contributed by atoms with van der Waals surface area (Å²) in [6.45, 7) is 4.65. The summed E-state index contributed by atoms with van der Waals surface area (Å²) in [5.74, 6) is 0.352. The molecule has 2 aromatic rings. The number of benzene rings is 1. The molecule has 0 atom stereocenters. The van der Waals surface area contributed by atoms with Crippen LogP contribution in [-0.2, 0) is 6.42 Å². The third-order valence-electron chi connectivity index (χ3n) is 3.94. The summed E-state index contributed by atoms with van der Waals surface area (Å²) in [6.07, 6.45) is 1.63. The van der Waals surface area contributed by atoms with E-state index in [0.29, 0.717) is 23.2 Å². The standard InChI is InChI=1S/C16H20ClN5O/c1-2-4-14-15(16(23)19-10-11-8-18-9-11)20-21-22(14)13-6-3-5-12(17)7-13/h3,5-7,11,18H,2,4,8-10H2,1H3,(H,19,23). The molecular formula is C16H20ClN5O. The lowest BCUT2D eigenvalue weighted by atomic mass is 10.0. The van der Waals surface area contributed by atoms with E-state index in [1.54, 1.807) is 4.68 Å². The Balaban J connectivity index is 1.83. The minimum Gasteiger partial charge on any atom is -0.350 e. The van der Waals surface area contributed by atoms with Gasteiger partial charge in [-0.2, -0.15) is 0 Å². The predicted octanol–water partition coefficient (Wildman–Crippen LogP) is 1.82. The second-order valence-corrected chi connectivity index (χ2v) is 6.20. The van der Waals surface area contributed by atoms with Crippen molar-refractivity contribution in [1.29, 1.82) is 0 Å². The topological polar surface area (TPSA) is 71.8 Å². The van der Waals surface area contributed by atoms with Crippen LogP contribution < -0.4 is 10.6 Å². The van der Waals surface area contributed by atoms with E-state index in [1.807, 2.05) is 24.3 Å². The maximum absolute atomic E-state index is 12.4. The van der Waals surface area contributed by atoms with Crippen LogP contribution in [0.15, 0.2) is 24.3 Å². The molecule has 0 saturated carbocycles. The molecule has 6 nitrogen and oxygen atoms in total. The molecule has 0 spiro atoms. The summed E-state index contributed by atoms with van der Waals surface area (Å²) in [5, 5.41) is 15.0. The van der Waals surface area contributed by atoms with Gasteiger partial charge in [-0.1, -0.05) is 36.2 Å². The molecule has 1 saturated heterocycles. The van der Waals surface area contributed by atoms with E-state index in [9.17, 15) is 4.79 Å². The predicted molar refractivity (Wildman–Crippen MR) is 89.1 cm³/mol. The number of aromatic nitrogens is 3. The van der Waals surface area contributed by atoms with Gasteiger partial charge in [0.2, 0.25) is 0 Å². The molecule has 2 heterocycles. The van der Waals surface area contributed by atoms with E-state index < -0.39 is 0 Å². The Labute approximate surface area is 140 Å². The minimum atomic E-state index is -0.159. The highest BCUT2D eigenvalue weighted by atomic mass is 35.5. The molecule has 1 aliphatic heterocycles. The van der Waals surface area contributed by atoms with E-state index in [4.69, 9.17) is 11.6 Å². The van der Waals surface area contributed by atoms with E-state index in [1.165, 1.54) is 0 Å². The van der Waals surface area contributed by atoms with E-state index in [2.05, 4.69) is 27.9 Å². The number of nitrogens with one attached hydrogen (secondary N) is 2. The fourth-order valence-corrected chi connectivity index (χ4v) is 2.75. The summed E-state index contributed by atoms with van der Waals surface area (Å²) >= 11 is 6.05. The molecule has 1 aliphatic rings. The van der Waals surface area contributed by atoms with Gasteiger partial charge in [-0.15, -0.1) is 5.10 Å². The van der Waals surface area contributed by atoms with Gasteiger partial charge in [0.1, 0.15) is 0 Å². The highest BCUT2D eigenvalue weighted by Gasteiger charge is 2.22. The smallest absolute Gasteiger partial charge is 0.273 e. The van der Waals surface area contributed by atoms with Gasteiger partial charge in [0.05, 0.1) is 11.4 Å². The lowest BCUT2D eigenvalue weighted by Crippen LogP contribution is -2.48. The average Bonchev–Trinajstić information content (AvgIpc) is 2.90. The number of carbonyl (C=O) groups is 1. The molecule has 0 radical (unpaired) electrons. The van der Waals surface area contributed by atoms with E-state index in [0.717, 1.165) is 37.3 Å². The molecule has 1 aromatic carbocycles. The van der Waals surface area contributed by atoms with Crippen molar-refractivity contribution >= 4 is 17.5 Å². The molecule has 0 aliphatic carbocycles. The van der Waals surface area contributed by atoms with E-state index in [-0.39, 0.29) is 5.91 Å². The van der Waals surface area contributed by atoms with Crippen molar-refractivity contribution < 1.29 is 4.79 Å². The maximum atomic E-state index is 12.4. The average molecular weight is 334 g/mol. The molecule has 0 unspecified atom stereocenters. The van der Waals surface area contributed by atoms with Gasteiger partial charge in [0.15, 0.2) is 5.69 Å². The maximum Gasteiger partial charge on any atom is 0.273 e. The Morgan fingerprint density at radius 2 is 2.30 bits per heavy atom. The van der Waals surface area contributed by atoms with Crippen molar-refractivity contribution in [1.82, 2.24) is 25.6 Å². The van der Waals surface area contributed by atoms with Crippen LogP contribution in [-0.4, -0.2) is 40.5 Å².